The van der Waals surface area contributed by atoms with Gasteiger partial charge in [0.1, 0.15) is 5.82 Å². The Morgan fingerprint density at radius 2 is 1.73 bits per heavy atom. The summed E-state index contributed by atoms with van der Waals surface area (Å²) >= 11 is 0. The molecule has 2 rings (SSSR count). The summed E-state index contributed by atoms with van der Waals surface area (Å²) in [6.45, 7) is 6.30. The zero-order valence-corrected chi connectivity index (χ0v) is 9.15. The molecule has 0 unspecified atom stereocenters. The molecule has 15 heavy (non-hydrogen) atoms. The van der Waals surface area contributed by atoms with E-state index in [1.54, 1.807) is 12.4 Å². The average Bonchev–Trinajstić information content (AvgIpc) is 2.67. The lowest BCUT2D eigenvalue weighted by Crippen LogP contribution is -2.13. The summed E-state index contributed by atoms with van der Waals surface area (Å²) in [7, 11) is 0. The van der Waals surface area contributed by atoms with Crippen molar-refractivity contribution in [1.82, 2.24) is 20.2 Å². The predicted molar refractivity (Wildman–Crippen MR) is 58.3 cm³/mol. The van der Waals surface area contributed by atoms with E-state index in [0.29, 0.717) is 0 Å². The van der Waals surface area contributed by atoms with Crippen molar-refractivity contribution in [1.29, 1.82) is 0 Å². The van der Waals surface area contributed by atoms with Crippen molar-refractivity contribution in [2.75, 3.05) is 0 Å². The lowest BCUT2D eigenvalue weighted by molar-refractivity contribution is 0.548. The van der Waals surface area contributed by atoms with Gasteiger partial charge < -0.3 is 4.98 Å². The van der Waals surface area contributed by atoms with E-state index in [1.807, 2.05) is 12.1 Å². The Morgan fingerprint density at radius 1 is 1.07 bits per heavy atom. The molecule has 0 aliphatic carbocycles. The van der Waals surface area contributed by atoms with Gasteiger partial charge in [-0.3, -0.25) is 4.98 Å². The first-order valence-electron chi connectivity index (χ1n) is 4.91. The quantitative estimate of drug-likeness (QED) is 0.771. The van der Waals surface area contributed by atoms with Crippen LogP contribution in [0, 0.1) is 0 Å². The van der Waals surface area contributed by atoms with Gasteiger partial charge in [0, 0.05) is 23.4 Å². The molecule has 0 aliphatic rings. The fourth-order valence-corrected chi connectivity index (χ4v) is 1.24. The Labute approximate surface area is 88.8 Å². The van der Waals surface area contributed by atoms with Gasteiger partial charge in [-0.1, -0.05) is 20.8 Å². The van der Waals surface area contributed by atoms with Crippen LogP contribution in [-0.2, 0) is 5.41 Å². The maximum Gasteiger partial charge on any atom is 0.161 e. The molecule has 2 aromatic rings. The van der Waals surface area contributed by atoms with E-state index < -0.39 is 0 Å². The minimum absolute atomic E-state index is 0.00171. The van der Waals surface area contributed by atoms with Crippen LogP contribution in [0.4, 0.5) is 0 Å². The van der Waals surface area contributed by atoms with Crippen LogP contribution in [0.25, 0.3) is 11.4 Å². The van der Waals surface area contributed by atoms with Crippen LogP contribution >= 0.6 is 0 Å². The number of aromatic amines is 1. The predicted octanol–water partition coefficient (Wildman–Crippen LogP) is 2.16. The SMILES string of the molecule is CC(C)(C)c1nnc(-c2ccncc2)[nH]1. The summed E-state index contributed by atoms with van der Waals surface area (Å²) < 4.78 is 0. The lowest BCUT2D eigenvalue weighted by Gasteiger charge is -2.12. The van der Waals surface area contributed by atoms with E-state index in [4.69, 9.17) is 0 Å². The molecule has 0 saturated carbocycles. The maximum atomic E-state index is 4.14. The van der Waals surface area contributed by atoms with Gasteiger partial charge >= 0.3 is 0 Å². The second-order valence-electron chi connectivity index (χ2n) is 4.51. The topological polar surface area (TPSA) is 54.5 Å². The van der Waals surface area contributed by atoms with Gasteiger partial charge in [-0.15, -0.1) is 10.2 Å². The summed E-state index contributed by atoms with van der Waals surface area (Å²) in [5.74, 6) is 1.69. The van der Waals surface area contributed by atoms with Crippen molar-refractivity contribution in [3.8, 4) is 11.4 Å². The monoisotopic (exact) mass is 202 g/mol. The number of H-pyrrole nitrogens is 1. The van der Waals surface area contributed by atoms with Crippen LogP contribution in [0.2, 0.25) is 0 Å². The summed E-state index contributed by atoms with van der Waals surface area (Å²) in [6.07, 6.45) is 3.49. The van der Waals surface area contributed by atoms with Crippen LogP contribution in [-0.4, -0.2) is 20.2 Å². The third-order valence-electron chi connectivity index (χ3n) is 2.15. The Morgan fingerprint density at radius 3 is 2.27 bits per heavy atom. The average molecular weight is 202 g/mol. The van der Waals surface area contributed by atoms with Crippen LogP contribution in [0.15, 0.2) is 24.5 Å². The number of aromatic nitrogens is 4. The highest BCUT2D eigenvalue weighted by Crippen LogP contribution is 2.20. The van der Waals surface area contributed by atoms with Crippen molar-refractivity contribution in [3.05, 3.63) is 30.4 Å². The number of rotatable bonds is 1. The highest BCUT2D eigenvalue weighted by atomic mass is 15.2. The fourth-order valence-electron chi connectivity index (χ4n) is 1.24. The molecule has 2 heterocycles. The molecule has 0 aromatic carbocycles. The second-order valence-corrected chi connectivity index (χ2v) is 4.51. The van der Waals surface area contributed by atoms with E-state index in [1.165, 1.54) is 0 Å². The summed E-state index contributed by atoms with van der Waals surface area (Å²) in [6, 6.07) is 3.82. The van der Waals surface area contributed by atoms with Gasteiger partial charge in [0.05, 0.1) is 0 Å². The first kappa shape index (κ1) is 9.83. The van der Waals surface area contributed by atoms with Crippen molar-refractivity contribution < 1.29 is 0 Å². The van der Waals surface area contributed by atoms with Crippen molar-refractivity contribution in [2.45, 2.75) is 26.2 Å². The molecule has 0 spiro atoms. The van der Waals surface area contributed by atoms with Crippen molar-refractivity contribution >= 4 is 0 Å². The number of nitrogens with one attached hydrogen (secondary N) is 1. The zero-order valence-electron chi connectivity index (χ0n) is 9.15. The zero-order chi connectivity index (χ0) is 10.9. The van der Waals surface area contributed by atoms with Gasteiger partial charge in [0.25, 0.3) is 0 Å². The molecule has 4 heteroatoms. The largest absolute Gasteiger partial charge is 0.324 e. The van der Waals surface area contributed by atoms with E-state index in [-0.39, 0.29) is 5.41 Å². The first-order valence-corrected chi connectivity index (χ1v) is 4.91. The van der Waals surface area contributed by atoms with E-state index >= 15 is 0 Å². The third kappa shape index (κ3) is 2.03. The minimum atomic E-state index is -0.00171. The molecule has 0 aliphatic heterocycles. The lowest BCUT2D eigenvalue weighted by atomic mass is 9.96. The number of nitrogens with zero attached hydrogens (tertiary/aromatic N) is 3. The summed E-state index contributed by atoms with van der Waals surface area (Å²) in [5.41, 5.74) is 1.01. The number of hydrogen-bond acceptors (Lipinski definition) is 3. The molecule has 0 amide bonds. The Bertz CT molecular complexity index is 439. The Balaban J connectivity index is 2.37. The highest BCUT2D eigenvalue weighted by Gasteiger charge is 2.18. The molecular formula is C11H14N4. The fraction of sp³-hybridized carbons (Fsp3) is 0.364. The van der Waals surface area contributed by atoms with Gasteiger partial charge in [-0.25, -0.2) is 0 Å². The smallest absolute Gasteiger partial charge is 0.161 e. The van der Waals surface area contributed by atoms with Gasteiger partial charge in [0.2, 0.25) is 0 Å². The van der Waals surface area contributed by atoms with E-state index in [9.17, 15) is 0 Å². The normalized spacial score (nSPS) is 11.7. The molecule has 2 aromatic heterocycles. The van der Waals surface area contributed by atoms with Crippen LogP contribution in [0.1, 0.15) is 26.6 Å². The van der Waals surface area contributed by atoms with Crippen LogP contribution in [0.3, 0.4) is 0 Å². The maximum absolute atomic E-state index is 4.14. The molecule has 78 valence electrons. The summed E-state index contributed by atoms with van der Waals surface area (Å²) in [4.78, 5) is 7.18. The second kappa shape index (κ2) is 3.46. The number of hydrogen-bond donors (Lipinski definition) is 1. The van der Waals surface area contributed by atoms with E-state index in [2.05, 4.69) is 40.9 Å². The molecular weight excluding hydrogens is 188 g/mol. The van der Waals surface area contributed by atoms with Gasteiger partial charge in [-0.2, -0.15) is 0 Å². The standard InChI is InChI=1S/C11H14N4/c1-11(2,3)10-13-9(14-15-10)8-4-6-12-7-5-8/h4-7H,1-3H3,(H,13,14,15). The van der Waals surface area contributed by atoms with Crippen molar-refractivity contribution in [3.63, 3.8) is 0 Å². The Hall–Kier alpha value is -1.71. The van der Waals surface area contributed by atoms with Crippen molar-refractivity contribution in [2.24, 2.45) is 0 Å². The van der Waals surface area contributed by atoms with Crippen LogP contribution in [0.5, 0.6) is 0 Å². The molecule has 0 radical (unpaired) electrons. The van der Waals surface area contributed by atoms with E-state index in [0.717, 1.165) is 17.2 Å². The van der Waals surface area contributed by atoms with Gasteiger partial charge in [-0.05, 0) is 12.1 Å². The third-order valence-corrected chi connectivity index (χ3v) is 2.15. The Kier molecular flexibility index (Phi) is 2.26. The number of pyridine rings is 1. The molecule has 0 bridgehead atoms. The highest BCUT2D eigenvalue weighted by molar-refractivity contribution is 5.53. The molecule has 4 nitrogen and oxygen atoms in total. The van der Waals surface area contributed by atoms with Crippen LogP contribution < -0.4 is 0 Å². The molecule has 0 saturated heterocycles. The van der Waals surface area contributed by atoms with Gasteiger partial charge in [0.15, 0.2) is 5.82 Å². The minimum Gasteiger partial charge on any atom is -0.324 e. The molecule has 1 N–H and O–H groups in total. The summed E-state index contributed by atoms with van der Waals surface area (Å²) in [5, 5.41) is 8.26. The molecule has 0 atom stereocenters. The first-order chi connectivity index (χ1) is 7.07. The molecule has 0 fully saturated rings.